The first-order valence-electron chi connectivity index (χ1n) is 6.70. The molecule has 4 nitrogen and oxygen atoms in total. The minimum Gasteiger partial charge on any atom is -0.505 e. The Labute approximate surface area is 122 Å². The van der Waals surface area contributed by atoms with Crippen molar-refractivity contribution in [3.05, 3.63) is 53.8 Å². The largest absolute Gasteiger partial charge is 0.505 e. The molecule has 1 amide bonds. The van der Waals surface area contributed by atoms with E-state index in [4.69, 9.17) is 0 Å². The Morgan fingerprint density at radius 1 is 1.19 bits per heavy atom. The molecule has 0 saturated heterocycles. The van der Waals surface area contributed by atoms with E-state index in [1.165, 1.54) is 6.07 Å². The first-order valence-corrected chi connectivity index (χ1v) is 6.70. The lowest BCUT2D eigenvalue weighted by atomic mass is 10.2. The molecular formula is C16H17FN2O2. The van der Waals surface area contributed by atoms with Gasteiger partial charge in [-0.15, -0.1) is 0 Å². The van der Waals surface area contributed by atoms with Crippen molar-refractivity contribution in [1.82, 2.24) is 0 Å². The number of nitrogens with one attached hydrogen (secondary N) is 2. The van der Waals surface area contributed by atoms with Crippen LogP contribution in [0.4, 0.5) is 15.8 Å². The molecule has 0 atom stereocenters. The molecular weight excluding hydrogens is 271 g/mol. The van der Waals surface area contributed by atoms with E-state index in [1.807, 2.05) is 6.07 Å². The second kappa shape index (κ2) is 6.74. The molecule has 2 aromatic carbocycles. The third kappa shape index (κ3) is 3.95. The molecule has 0 fully saturated rings. The fourth-order valence-corrected chi connectivity index (χ4v) is 1.86. The Balaban J connectivity index is 2.05. The van der Waals surface area contributed by atoms with Gasteiger partial charge in [-0.25, -0.2) is 4.39 Å². The number of carbonyl (C=O) groups excluding carboxylic acids is 1. The minimum absolute atomic E-state index is 0.0603. The smallest absolute Gasteiger partial charge is 0.224 e. The summed E-state index contributed by atoms with van der Waals surface area (Å²) in [6.45, 7) is 2.07. The molecule has 0 bridgehead atoms. The molecule has 0 unspecified atom stereocenters. The number of phenolic OH excluding ortho intramolecular Hbond substituents is 1. The van der Waals surface area contributed by atoms with Gasteiger partial charge in [0.25, 0.3) is 0 Å². The van der Waals surface area contributed by atoms with Gasteiger partial charge in [0.2, 0.25) is 5.91 Å². The molecule has 3 N–H and O–H groups in total. The van der Waals surface area contributed by atoms with E-state index >= 15 is 0 Å². The maximum Gasteiger partial charge on any atom is 0.224 e. The highest BCUT2D eigenvalue weighted by molar-refractivity contribution is 5.90. The molecule has 5 heteroatoms. The number of carbonyl (C=O) groups is 1. The predicted molar refractivity (Wildman–Crippen MR) is 80.8 cm³/mol. The van der Waals surface area contributed by atoms with Crippen LogP contribution in [0.5, 0.6) is 5.75 Å². The Kier molecular flexibility index (Phi) is 4.77. The summed E-state index contributed by atoms with van der Waals surface area (Å²) >= 11 is 0. The zero-order valence-electron chi connectivity index (χ0n) is 11.7. The van der Waals surface area contributed by atoms with E-state index in [0.29, 0.717) is 17.7 Å². The summed E-state index contributed by atoms with van der Waals surface area (Å²) < 4.78 is 13.2. The maximum atomic E-state index is 13.2. The highest BCUT2D eigenvalue weighted by atomic mass is 19.1. The van der Waals surface area contributed by atoms with Crippen LogP contribution in [-0.2, 0) is 11.3 Å². The molecule has 0 aliphatic carbocycles. The van der Waals surface area contributed by atoms with Crippen LogP contribution in [0.1, 0.15) is 18.9 Å². The molecule has 0 aliphatic rings. The molecule has 21 heavy (non-hydrogen) atoms. The summed E-state index contributed by atoms with van der Waals surface area (Å²) in [6.07, 6.45) is 0.412. The second-order valence-electron chi connectivity index (χ2n) is 4.58. The van der Waals surface area contributed by atoms with Gasteiger partial charge >= 0.3 is 0 Å². The molecule has 2 rings (SSSR count). The number of aromatic hydroxyl groups is 1. The van der Waals surface area contributed by atoms with Gasteiger partial charge in [0.05, 0.1) is 0 Å². The maximum absolute atomic E-state index is 13.2. The van der Waals surface area contributed by atoms with Gasteiger partial charge in [0.15, 0.2) is 11.6 Å². The van der Waals surface area contributed by atoms with Crippen LogP contribution in [0.3, 0.4) is 0 Å². The normalized spacial score (nSPS) is 10.2. The fraction of sp³-hybridized carbons (Fsp3) is 0.188. The van der Waals surface area contributed by atoms with E-state index in [-0.39, 0.29) is 18.2 Å². The summed E-state index contributed by atoms with van der Waals surface area (Å²) in [5, 5.41) is 15.5. The molecule has 0 saturated carbocycles. The summed E-state index contributed by atoms with van der Waals surface area (Å²) in [5.41, 5.74) is 1.93. The van der Waals surface area contributed by atoms with E-state index < -0.39 is 5.82 Å². The number of hydrogen-bond donors (Lipinski definition) is 3. The number of hydrogen-bond acceptors (Lipinski definition) is 3. The molecule has 0 radical (unpaired) electrons. The highest BCUT2D eigenvalue weighted by Crippen LogP contribution is 2.22. The van der Waals surface area contributed by atoms with Crippen LogP contribution < -0.4 is 10.6 Å². The Hall–Kier alpha value is -2.56. The summed E-state index contributed by atoms with van der Waals surface area (Å²) in [5.74, 6) is -1.05. The molecule has 0 heterocycles. The molecule has 0 aliphatic heterocycles. The molecule has 0 spiro atoms. The number of halogens is 1. The third-order valence-electron chi connectivity index (χ3n) is 3.02. The van der Waals surface area contributed by atoms with Crippen molar-refractivity contribution in [2.75, 3.05) is 10.6 Å². The van der Waals surface area contributed by atoms with Gasteiger partial charge in [0, 0.05) is 29.9 Å². The van der Waals surface area contributed by atoms with Gasteiger partial charge < -0.3 is 15.7 Å². The van der Waals surface area contributed by atoms with E-state index in [9.17, 15) is 14.3 Å². The van der Waals surface area contributed by atoms with Crippen LogP contribution in [0.25, 0.3) is 0 Å². The Bertz CT molecular complexity index is 644. The highest BCUT2D eigenvalue weighted by Gasteiger charge is 2.06. The second-order valence-corrected chi connectivity index (χ2v) is 4.58. The summed E-state index contributed by atoms with van der Waals surface area (Å²) in [7, 11) is 0. The fourth-order valence-electron chi connectivity index (χ4n) is 1.86. The van der Waals surface area contributed by atoms with Crippen LogP contribution in [0.2, 0.25) is 0 Å². The Morgan fingerprint density at radius 2 is 1.90 bits per heavy atom. The molecule has 0 aromatic heterocycles. The number of phenols is 1. The Morgan fingerprint density at radius 3 is 2.67 bits per heavy atom. The van der Waals surface area contributed by atoms with Crippen LogP contribution >= 0.6 is 0 Å². The quantitative estimate of drug-likeness (QED) is 0.789. The monoisotopic (exact) mass is 288 g/mol. The number of benzene rings is 2. The topological polar surface area (TPSA) is 61.4 Å². The van der Waals surface area contributed by atoms with Crippen LogP contribution in [0.15, 0.2) is 42.5 Å². The predicted octanol–water partition coefficient (Wildman–Crippen LogP) is 3.49. The third-order valence-corrected chi connectivity index (χ3v) is 3.02. The lowest BCUT2D eigenvalue weighted by molar-refractivity contribution is -0.115. The van der Waals surface area contributed by atoms with Gasteiger partial charge in [-0.1, -0.05) is 25.1 Å². The number of para-hydroxylation sites is 1. The zero-order valence-corrected chi connectivity index (χ0v) is 11.7. The average Bonchev–Trinajstić information content (AvgIpc) is 2.49. The van der Waals surface area contributed by atoms with Crippen LogP contribution in [0, 0.1) is 5.82 Å². The standard InChI is InChI=1S/C16H17FN2O2/c1-2-15(20)19-13-7-4-6-12(9-13)18-10-11-5-3-8-14(17)16(11)21/h3-9,18,21H,2,10H2,1H3,(H,19,20). The number of amides is 1. The minimum atomic E-state index is -0.641. The molecule has 110 valence electrons. The summed E-state index contributed by atoms with van der Waals surface area (Å²) in [4.78, 5) is 11.3. The molecule has 2 aromatic rings. The SMILES string of the molecule is CCC(=O)Nc1cccc(NCc2cccc(F)c2O)c1. The van der Waals surface area contributed by atoms with E-state index in [1.54, 1.807) is 37.3 Å². The van der Waals surface area contributed by atoms with E-state index in [2.05, 4.69) is 10.6 Å². The van der Waals surface area contributed by atoms with Crippen LogP contribution in [-0.4, -0.2) is 11.0 Å². The van der Waals surface area contributed by atoms with Gasteiger partial charge in [-0.3, -0.25) is 4.79 Å². The first-order chi connectivity index (χ1) is 10.1. The van der Waals surface area contributed by atoms with E-state index in [0.717, 1.165) is 5.69 Å². The average molecular weight is 288 g/mol. The van der Waals surface area contributed by atoms with Crippen molar-refractivity contribution in [2.24, 2.45) is 0 Å². The van der Waals surface area contributed by atoms with Crippen molar-refractivity contribution in [2.45, 2.75) is 19.9 Å². The van der Waals surface area contributed by atoms with Gasteiger partial charge in [-0.2, -0.15) is 0 Å². The van der Waals surface area contributed by atoms with Crippen molar-refractivity contribution in [3.63, 3.8) is 0 Å². The zero-order chi connectivity index (χ0) is 15.2. The van der Waals surface area contributed by atoms with Crippen molar-refractivity contribution >= 4 is 17.3 Å². The number of anilines is 2. The van der Waals surface area contributed by atoms with Crippen molar-refractivity contribution < 1.29 is 14.3 Å². The van der Waals surface area contributed by atoms with Gasteiger partial charge in [0.1, 0.15) is 0 Å². The number of rotatable bonds is 5. The summed E-state index contributed by atoms with van der Waals surface area (Å²) in [6, 6.07) is 11.6. The first kappa shape index (κ1) is 14.8. The van der Waals surface area contributed by atoms with Crippen molar-refractivity contribution in [3.8, 4) is 5.75 Å². The lowest BCUT2D eigenvalue weighted by Gasteiger charge is -2.10. The lowest BCUT2D eigenvalue weighted by Crippen LogP contribution is -2.09. The van der Waals surface area contributed by atoms with Gasteiger partial charge in [-0.05, 0) is 24.3 Å². The van der Waals surface area contributed by atoms with Crippen molar-refractivity contribution in [1.29, 1.82) is 0 Å².